The summed E-state index contributed by atoms with van der Waals surface area (Å²) in [6, 6.07) is 15.1. The molecular weight excluding hydrogens is 438 g/mol. The normalized spacial score (nSPS) is 15.6. The van der Waals surface area contributed by atoms with Crippen LogP contribution in [0.4, 0.5) is 5.69 Å². The van der Waals surface area contributed by atoms with Crippen LogP contribution in [0.25, 0.3) is 0 Å². The van der Waals surface area contributed by atoms with Gasteiger partial charge in [0.15, 0.2) is 6.10 Å². The Morgan fingerprint density at radius 2 is 1.76 bits per heavy atom. The minimum Gasteiger partial charge on any atom is -0.481 e. The number of carbonyl (C=O) groups excluding carboxylic acids is 1. The molecule has 0 saturated carbocycles. The SMILES string of the molecule is CCC(Oc1ccc(N(C)S(C)(=O)=O)cc1)C(=O)NCc1cccc(CN2CCCCC2)c1. The topological polar surface area (TPSA) is 78.9 Å². The van der Waals surface area contributed by atoms with Gasteiger partial charge in [-0.3, -0.25) is 14.0 Å². The molecule has 1 heterocycles. The Kier molecular flexibility index (Phi) is 8.74. The molecule has 1 unspecified atom stereocenters. The van der Waals surface area contributed by atoms with E-state index in [-0.39, 0.29) is 5.91 Å². The molecule has 2 aromatic carbocycles. The van der Waals surface area contributed by atoms with E-state index in [4.69, 9.17) is 4.74 Å². The van der Waals surface area contributed by atoms with Gasteiger partial charge in [-0.05, 0) is 67.7 Å². The maximum absolute atomic E-state index is 12.7. The molecule has 0 aromatic heterocycles. The van der Waals surface area contributed by atoms with Crippen LogP contribution in [0, 0.1) is 0 Å². The quantitative estimate of drug-likeness (QED) is 0.571. The van der Waals surface area contributed by atoms with Crippen molar-refractivity contribution in [2.45, 2.75) is 51.8 Å². The first-order valence-corrected chi connectivity index (χ1v) is 13.4. The van der Waals surface area contributed by atoms with Crippen LogP contribution >= 0.6 is 0 Å². The molecule has 1 amide bonds. The van der Waals surface area contributed by atoms with Gasteiger partial charge in [-0.25, -0.2) is 8.42 Å². The maximum Gasteiger partial charge on any atom is 0.261 e. The second-order valence-corrected chi connectivity index (χ2v) is 10.6. The van der Waals surface area contributed by atoms with E-state index in [1.54, 1.807) is 24.3 Å². The standard InChI is InChI=1S/C25H35N3O4S/c1-4-24(32-23-13-11-22(12-14-23)27(2)33(3,30)31)25(29)26-18-20-9-8-10-21(17-20)19-28-15-6-5-7-16-28/h8-14,17,24H,4-7,15-16,18-19H2,1-3H3,(H,26,29). The summed E-state index contributed by atoms with van der Waals surface area (Å²) in [7, 11) is -1.83. The van der Waals surface area contributed by atoms with Crippen LogP contribution in [0.3, 0.4) is 0 Å². The molecule has 1 atom stereocenters. The molecule has 1 N–H and O–H groups in total. The van der Waals surface area contributed by atoms with E-state index in [0.29, 0.717) is 24.4 Å². The maximum atomic E-state index is 12.7. The van der Waals surface area contributed by atoms with Crippen LogP contribution in [0.15, 0.2) is 48.5 Å². The highest BCUT2D eigenvalue weighted by Crippen LogP contribution is 2.21. The molecular formula is C25H35N3O4S. The van der Waals surface area contributed by atoms with Crippen molar-refractivity contribution in [3.63, 3.8) is 0 Å². The molecule has 0 aliphatic carbocycles. The van der Waals surface area contributed by atoms with Gasteiger partial charge in [0.25, 0.3) is 5.91 Å². The lowest BCUT2D eigenvalue weighted by Gasteiger charge is -2.26. The monoisotopic (exact) mass is 473 g/mol. The number of rotatable bonds is 10. The molecule has 1 saturated heterocycles. The highest BCUT2D eigenvalue weighted by molar-refractivity contribution is 7.92. The fraction of sp³-hybridized carbons (Fsp3) is 0.480. The molecule has 2 aromatic rings. The van der Waals surface area contributed by atoms with Gasteiger partial charge in [-0.1, -0.05) is 37.6 Å². The fourth-order valence-corrected chi connectivity index (χ4v) is 4.43. The number of nitrogens with zero attached hydrogens (tertiary/aromatic N) is 2. The van der Waals surface area contributed by atoms with Crippen LogP contribution in [0.1, 0.15) is 43.7 Å². The predicted molar refractivity (Wildman–Crippen MR) is 132 cm³/mol. The Bertz CT molecular complexity index is 1020. The van der Waals surface area contributed by atoms with Gasteiger partial charge >= 0.3 is 0 Å². The molecule has 8 heteroatoms. The number of piperidine rings is 1. The molecule has 1 fully saturated rings. The van der Waals surface area contributed by atoms with Gasteiger partial charge in [0, 0.05) is 20.1 Å². The number of hydrogen-bond acceptors (Lipinski definition) is 5. The number of benzene rings is 2. The van der Waals surface area contributed by atoms with Crippen molar-refractivity contribution in [2.75, 3.05) is 30.7 Å². The second kappa shape index (κ2) is 11.5. The van der Waals surface area contributed by atoms with E-state index in [0.717, 1.165) is 31.5 Å². The van der Waals surface area contributed by atoms with E-state index < -0.39 is 16.1 Å². The van der Waals surface area contributed by atoms with Crippen molar-refractivity contribution < 1.29 is 17.9 Å². The summed E-state index contributed by atoms with van der Waals surface area (Å²) in [6.07, 6.45) is 4.91. The highest BCUT2D eigenvalue weighted by Gasteiger charge is 2.19. The number of nitrogens with one attached hydrogen (secondary N) is 1. The summed E-state index contributed by atoms with van der Waals surface area (Å²) in [4.78, 5) is 15.2. The molecule has 7 nitrogen and oxygen atoms in total. The number of sulfonamides is 1. The highest BCUT2D eigenvalue weighted by atomic mass is 32.2. The van der Waals surface area contributed by atoms with Crippen molar-refractivity contribution in [1.29, 1.82) is 0 Å². The molecule has 1 aliphatic heterocycles. The van der Waals surface area contributed by atoms with E-state index in [1.165, 1.54) is 36.2 Å². The fourth-order valence-electron chi connectivity index (χ4n) is 3.93. The first kappa shape index (κ1) is 25.1. The van der Waals surface area contributed by atoms with Crippen LogP contribution in [-0.4, -0.2) is 51.7 Å². The summed E-state index contributed by atoms with van der Waals surface area (Å²) < 4.78 is 30.4. The van der Waals surface area contributed by atoms with Crippen molar-refractivity contribution in [3.05, 3.63) is 59.7 Å². The van der Waals surface area contributed by atoms with Gasteiger partial charge in [0.05, 0.1) is 11.9 Å². The largest absolute Gasteiger partial charge is 0.481 e. The zero-order valence-corrected chi connectivity index (χ0v) is 20.6. The number of amides is 1. The predicted octanol–water partition coefficient (Wildman–Crippen LogP) is 3.54. The van der Waals surface area contributed by atoms with Crippen LogP contribution in [-0.2, 0) is 27.9 Å². The minimum absolute atomic E-state index is 0.170. The number of carbonyl (C=O) groups is 1. The molecule has 3 rings (SSSR count). The third kappa shape index (κ3) is 7.47. The van der Waals surface area contributed by atoms with Crippen molar-refractivity contribution in [2.24, 2.45) is 0 Å². The second-order valence-electron chi connectivity index (χ2n) is 8.61. The third-order valence-corrected chi connectivity index (χ3v) is 7.16. The molecule has 0 radical (unpaired) electrons. The lowest BCUT2D eigenvalue weighted by Crippen LogP contribution is -2.37. The molecule has 0 bridgehead atoms. The summed E-state index contributed by atoms with van der Waals surface area (Å²) in [5.74, 6) is 0.349. The van der Waals surface area contributed by atoms with Gasteiger partial charge in [0.2, 0.25) is 10.0 Å². The minimum atomic E-state index is -3.33. The van der Waals surface area contributed by atoms with Crippen LogP contribution < -0.4 is 14.4 Å². The van der Waals surface area contributed by atoms with Gasteiger partial charge in [-0.2, -0.15) is 0 Å². The Labute approximate surface area is 197 Å². The zero-order valence-electron chi connectivity index (χ0n) is 19.8. The number of anilines is 1. The van der Waals surface area contributed by atoms with Crippen LogP contribution in [0.5, 0.6) is 5.75 Å². The lowest BCUT2D eigenvalue weighted by atomic mass is 10.1. The average Bonchev–Trinajstić information content (AvgIpc) is 2.81. The summed E-state index contributed by atoms with van der Waals surface area (Å²) in [6.45, 7) is 5.61. The molecule has 0 spiro atoms. The van der Waals surface area contributed by atoms with E-state index >= 15 is 0 Å². The Morgan fingerprint density at radius 1 is 1.09 bits per heavy atom. The van der Waals surface area contributed by atoms with E-state index in [9.17, 15) is 13.2 Å². The van der Waals surface area contributed by atoms with E-state index in [2.05, 4.69) is 22.3 Å². The summed E-state index contributed by atoms with van der Waals surface area (Å²) in [5.41, 5.74) is 2.87. The number of hydrogen-bond donors (Lipinski definition) is 1. The Hall–Kier alpha value is -2.58. The number of ether oxygens (including phenoxy) is 1. The molecule has 1 aliphatic rings. The Morgan fingerprint density at radius 3 is 2.39 bits per heavy atom. The van der Waals surface area contributed by atoms with Crippen molar-refractivity contribution in [1.82, 2.24) is 10.2 Å². The van der Waals surface area contributed by atoms with Gasteiger partial charge in [0.1, 0.15) is 5.75 Å². The summed E-state index contributed by atoms with van der Waals surface area (Å²) >= 11 is 0. The smallest absolute Gasteiger partial charge is 0.261 e. The van der Waals surface area contributed by atoms with Crippen molar-refractivity contribution >= 4 is 21.6 Å². The third-order valence-electron chi connectivity index (χ3n) is 5.95. The first-order chi connectivity index (χ1) is 15.8. The van der Waals surface area contributed by atoms with E-state index in [1.807, 2.05) is 19.1 Å². The van der Waals surface area contributed by atoms with Gasteiger partial charge < -0.3 is 10.1 Å². The summed E-state index contributed by atoms with van der Waals surface area (Å²) in [5, 5.41) is 2.99. The number of likely N-dealkylation sites (tertiary alicyclic amines) is 1. The average molecular weight is 474 g/mol. The van der Waals surface area contributed by atoms with Crippen LogP contribution in [0.2, 0.25) is 0 Å². The van der Waals surface area contributed by atoms with Gasteiger partial charge in [-0.15, -0.1) is 0 Å². The lowest BCUT2D eigenvalue weighted by molar-refractivity contribution is -0.128. The zero-order chi connectivity index (χ0) is 23.8. The molecule has 180 valence electrons. The Balaban J connectivity index is 1.54. The van der Waals surface area contributed by atoms with Crippen molar-refractivity contribution in [3.8, 4) is 5.75 Å². The first-order valence-electron chi connectivity index (χ1n) is 11.5. The molecule has 33 heavy (non-hydrogen) atoms.